The summed E-state index contributed by atoms with van der Waals surface area (Å²) < 4.78 is 32.7. The van der Waals surface area contributed by atoms with Crippen LogP contribution in [-0.4, -0.2) is 17.7 Å². The number of aromatic amines is 1. The zero-order valence-electron chi connectivity index (χ0n) is 5.44. The lowest BCUT2D eigenvalue weighted by Crippen LogP contribution is -2.32. The molecule has 1 aromatic heterocycles. The molecule has 0 saturated carbocycles. The third kappa shape index (κ3) is 1.48. The van der Waals surface area contributed by atoms with E-state index in [1.807, 2.05) is 0 Å². The Bertz CT molecular complexity index is 435. The lowest BCUT2D eigenvalue weighted by Gasteiger charge is -2.05. The fourth-order valence-electron chi connectivity index (χ4n) is 0.543. The van der Waals surface area contributed by atoms with Gasteiger partial charge >= 0.3 is 5.69 Å². The van der Waals surface area contributed by atoms with Crippen molar-refractivity contribution in [2.24, 2.45) is 0 Å². The first kappa shape index (κ1) is 8.81. The van der Waals surface area contributed by atoms with Crippen LogP contribution in [0.4, 0.5) is 4.39 Å². The van der Waals surface area contributed by atoms with Gasteiger partial charge in [0.25, 0.3) is 5.56 Å². The maximum absolute atomic E-state index is 12.3. The molecule has 12 heavy (non-hydrogen) atoms. The third-order valence-electron chi connectivity index (χ3n) is 1.03. The largest absolute Gasteiger partial charge is 0.755 e. The Morgan fingerprint density at radius 3 is 2.67 bits per heavy atom. The van der Waals surface area contributed by atoms with Crippen LogP contribution in [0, 0.1) is 5.82 Å². The van der Waals surface area contributed by atoms with E-state index < -0.39 is 28.3 Å². The standard InChI is InChI=1S/C4H3FN2O4S/c5-2-1-7(12(10)11)4(9)6-3(2)8/h1H,(H,10,11)(H,6,8,9)/p-1. The van der Waals surface area contributed by atoms with Crippen LogP contribution in [0.5, 0.6) is 0 Å². The van der Waals surface area contributed by atoms with E-state index in [1.165, 1.54) is 4.98 Å². The van der Waals surface area contributed by atoms with Crippen molar-refractivity contribution < 1.29 is 13.2 Å². The molecule has 0 saturated heterocycles. The Hall–Kier alpha value is -1.28. The molecular weight excluding hydrogens is 191 g/mol. The fourth-order valence-corrected chi connectivity index (χ4v) is 0.903. The first-order valence-electron chi connectivity index (χ1n) is 2.63. The molecule has 8 heteroatoms. The molecule has 66 valence electrons. The molecule has 0 bridgehead atoms. The van der Waals surface area contributed by atoms with E-state index in [4.69, 9.17) is 0 Å². The van der Waals surface area contributed by atoms with Gasteiger partial charge in [-0.05, 0) is 0 Å². The second-order valence-electron chi connectivity index (χ2n) is 1.78. The smallest absolute Gasteiger partial charge is 0.339 e. The summed E-state index contributed by atoms with van der Waals surface area (Å²) in [4.78, 5) is 22.4. The molecule has 1 rings (SSSR count). The summed E-state index contributed by atoms with van der Waals surface area (Å²) in [5.74, 6) is -1.33. The van der Waals surface area contributed by atoms with Gasteiger partial charge in [0.1, 0.15) is 0 Å². The van der Waals surface area contributed by atoms with Gasteiger partial charge in [-0.25, -0.2) is 8.77 Å². The zero-order chi connectivity index (χ0) is 9.30. The average Bonchev–Trinajstić information content (AvgIpc) is 1.96. The Kier molecular flexibility index (Phi) is 2.20. The predicted octanol–water partition coefficient (Wildman–Crippen LogP) is -1.68. The molecule has 0 aliphatic heterocycles. The summed E-state index contributed by atoms with van der Waals surface area (Å²) in [6.45, 7) is 0. The first-order chi connectivity index (χ1) is 5.52. The Balaban J connectivity index is 3.54. The van der Waals surface area contributed by atoms with Gasteiger partial charge in [-0.15, -0.1) is 0 Å². The average molecular weight is 193 g/mol. The van der Waals surface area contributed by atoms with Gasteiger partial charge in [0, 0.05) is 0 Å². The highest BCUT2D eigenvalue weighted by Gasteiger charge is 2.02. The Morgan fingerprint density at radius 1 is 1.58 bits per heavy atom. The fraction of sp³-hybridized carbons (Fsp3) is 0. The summed E-state index contributed by atoms with van der Waals surface area (Å²) in [5.41, 5.74) is -2.45. The van der Waals surface area contributed by atoms with Crippen molar-refractivity contribution in [1.29, 1.82) is 0 Å². The zero-order valence-corrected chi connectivity index (χ0v) is 6.26. The van der Waals surface area contributed by atoms with Crippen LogP contribution in [0.15, 0.2) is 15.8 Å². The Morgan fingerprint density at radius 2 is 2.17 bits per heavy atom. The van der Waals surface area contributed by atoms with Crippen molar-refractivity contribution in [2.45, 2.75) is 0 Å². The molecule has 0 spiro atoms. The molecular formula is C4H2FN2O4S-. The molecule has 0 aromatic carbocycles. The molecule has 6 nitrogen and oxygen atoms in total. The molecule has 0 aliphatic rings. The van der Waals surface area contributed by atoms with Crippen LogP contribution in [0.1, 0.15) is 0 Å². The van der Waals surface area contributed by atoms with Crippen LogP contribution in [0.3, 0.4) is 0 Å². The summed E-state index contributed by atoms with van der Waals surface area (Å²) >= 11 is -2.92. The van der Waals surface area contributed by atoms with Gasteiger partial charge in [0.2, 0.25) is 5.82 Å². The van der Waals surface area contributed by atoms with Crippen molar-refractivity contribution in [3.05, 3.63) is 32.9 Å². The normalized spacial score (nSPS) is 12.8. The monoisotopic (exact) mass is 193 g/mol. The second kappa shape index (κ2) is 2.99. The summed E-state index contributed by atoms with van der Waals surface area (Å²) in [6, 6.07) is 0. The van der Waals surface area contributed by atoms with Gasteiger partial charge in [0.05, 0.1) is 17.5 Å². The highest BCUT2D eigenvalue weighted by molar-refractivity contribution is 7.77. The quantitative estimate of drug-likeness (QED) is 0.539. The molecule has 0 radical (unpaired) electrons. The van der Waals surface area contributed by atoms with Crippen molar-refractivity contribution in [3.8, 4) is 0 Å². The first-order valence-corrected chi connectivity index (χ1v) is 3.67. The van der Waals surface area contributed by atoms with Crippen LogP contribution in [-0.2, 0) is 11.3 Å². The van der Waals surface area contributed by atoms with E-state index in [1.54, 1.807) is 0 Å². The van der Waals surface area contributed by atoms with Gasteiger partial charge in [-0.1, -0.05) is 0 Å². The van der Waals surface area contributed by atoms with Crippen molar-refractivity contribution >= 4 is 11.3 Å². The van der Waals surface area contributed by atoms with Crippen LogP contribution >= 0.6 is 0 Å². The van der Waals surface area contributed by atoms with Gasteiger partial charge in [-0.2, -0.15) is 4.39 Å². The SMILES string of the molecule is O=c1[nH]c(=O)n(S(=O)[O-])cc1F. The van der Waals surface area contributed by atoms with E-state index in [0.29, 0.717) is 6.20 Å². The van der Waals surface area contributed by atoms with Crippen LogP contribution < -0.4 is 11.2 Å². The van der Waals surface area contributed by atoms with E-state index in [-0.39, 0.29) is 3.97 Å². The van der Waals surface area contributed by atoms with E-state index in [2.05, 4.69) is 0 Å². The molecule has 1 atom stereocenters. The highest BCUT2D eigenvalue weighted by Crippen LogP contribution is 1.83. The molecule has 0 fully saturated rings. The molecule has 1 heterocycles. The topological polar surface area (TPSA) is 95.0 Å². The van der Waals surface area contributed by atoms with Crippen LogP contribution in [0.25, 0.3) is 0 Å². The van der Waals surface area contributed by atoms with Gasteiger partial charge < -0.3 is 4.55 Å². The van der Waals surface area contributed by atoms with Crippen molar-refractivity contribution in [2.75, 3.05) is 0 Å². The minimum Gasteiger partial charge on any atom is -0.755 e. The predicted molar refractivity (Wildman–Crippen MR) is 35.6 cm³/mol. The van der Waals surface area contributed by atoms with E-state index in [9.17, 15) is 22.7 Å². The highest BCUT2D eigenvalue weighted by atomic mass is 32.2. The molecule has 1 aromatic rings. The number of nitrogens with one attached hydrogen (secondary N) is 1. The third-order valence-corrected chi connectivity index (χ3v) is 1.62. The molecule has 1 unspecified atom stereocenters. The van der Waals surface area contributed by atoms with Crippen molar-refractivity contribution in [1.82, 2.24) is 8.96 Å². The Labute approximate surface area is 67.1 Å². The number of nitrogens with zero attached hydrogens (tertiary/aromatic N) is 1. The summed E-state index contributed by atoms with van der Waals surface area (Å²) in [7, 11) is 0. The number of H-pyrrole nitrogens is 1. The molecule has 0 aliphatic carbocycles. The second-order valence-corrected chi connectivity index (χ2v) is 2.61. The number of aromatic nitrogens is 2. The van der Waals surface area contributed by atoms with E-state index in [0.717, 1.165) is 0 Å². The summed E-state index contributed by atoms with van der Waals surface area (Å²) in [6.07, 6.45) is 0.296. The van der Waals surface area contributed by atoms with Gasteiger partial charge in [0.15, 0.2) is 0 Å². The van der Waals surface area contributed by atoms with Crippen LogP contribution in [0.2, 0.25) is 0 Å². The number of hydrogen-bond acceptors (Lipinski definition) is 4. The van der Waals surface area contributed by atoms with E-state index >= 15 is 0 Å². The summed E-state index contributed by atoms with van der Waals surface area (Å²) in [5, 5.41) is 0. The van der Waals surface area contributed by atoms with Gasteiger partial charge in [-0.3, -0.25) is 14.0 Å². The minimum absolute atomic E-state index is 0.0384. The lowest BCUT2D eigenvalue weighted by molar-refractivity contribution is 0.518. The lowest BCUT2D eigenvalue weighted by atomic mass is 10.6. The minimum atomic E-state index is -2.92. The number of halogens is 1. The molecule has 0 amide bonds. The number of rotatable bonds is 1. The maximum Gasteiger partial charge on any atom is 0.339 e. The van der Waals surface area contributed by atoms with Crippen molar-refractivity contribution in [3.63, 3.8) is 0 Å². The molecule has 1 N–H and O–H groups in total. The maximum atomic E-state index is 12.3. The number of hydrogen-bond donors (Lipinski definition) is 1.